The number of nitrogens with one attached hydrogen (secondary N) is 1. The molecule has 7 nitrogen and oxygen atoms in total. The average Bonchev–Trinajstić information content (AvgIpc) is 3.15. The number of benzene rings is 1. The molecule has 5 rings (SSSR count). The zero-order chi connectivity index (χ0) is 24.3. The lowest BCUT2D eigenvalue weighted by molar-refractivity contribution is -0.137. The van der Waals surface area contributed by atoms with Crippen molar-refractivity contribution in [2.45, 2.75) is 37.6 Å². The van der Waals surface area contributed by atoms with Gasteiger partial charge in [-0.2, -0.15) is 13.2 Å². The highest BCUT2D eigenvalue weighted by molar-refractivity contribution is 6.17. The van der Waals surface area contributed by atoms with E-state index in [4.69, 9.17) is 16.3 Å². The molecule has 1 aliphatic carbocycles. The summed E-state index contributed by atoms with van der Waals surface area (Å²) in [5.74, 6) is -0.00593. The Bertz CT molecular complexity index is 1350. The van der Waals surface area contributed by atoms with Crippen LogP contribution >= 0.6 is 11.6 Å². The molecule has 3 heterocycles. The molecule has 178 valence electrons. The Kier molecular flexibility index (Phi) is 5.23. The normalized spacial score (nSPS) is 20.4. The highest BCUT2D eigenvalue weighted by Gasteiger charge is 2.63. The fourth-order valence-corrected chi connectivity index (χ4v) is 4.66. The molecular weight excluding hydrogens is 473 g/mol. The molecule has 1 amide bonds. The van der Waals surface area contributed by atoms with E-state index in [9.17, 15) is 22.8 Å². The second-order valence-corrected chi connectivity index (χ2v) is 8.91. The molecule has 2 aromatic heterocycles. The summed E-state index contributed by atoms with van der Waals surface area (Å²) in [5, 5.41) is 2.79. The van der Waals surface area contributed by atoms with Gasteiger partial charge in [-0.3, -0.25) is 9.59 Å². The molecule has 0 saturated heterocycles. The summed E-state index contributed by atoms with van der Waals surface area (Å²) in [6.07, 6.45) is -1.05. The van der Waals surface area contributed by atoms with Gasteiger partial charge in [0.2, 0.25) is 0 Å². The van der Waals surface area contributed by atoms with E-state index in [-0.39, 0.29) is 30.8 Å². The second-order valence-electron chi connectivity index (χ2n) is 8.53. The van der Waals surface area contributed by atoms with Crippen LogP contribution in [0.5, 0.6) is 5.75 Å². The van der Waals surface area contributed by atoms with E-state index in [2.05, 4.69) is 10.3 Å². The van der Waals surface area contributed by atoms with Crippen molar-refractivity contribution in [2.75, 3.05) is 12.4 Å². The van der Waals surface area contributed by atoms with Gasteiger partial charge < -0.3 is 19.2 Å². The van der Waals surface area contributed by atoms with Crippen molar-refractivity contribution < 1.29 is 22.7 Å². The van der Waals surface area contributed by atoms with Gasteiger partial charge in [-0.05, 0) is 37.3 Å². The standard InChI is InChI=1S/C23H20ClF3N4O3/c1-13-10-30(12-29-13)17-4-3-16(31(7-6-24)21(17)33)20(32)28-11-22-9-19(22)34-18-5-2-14(8-15(18)22)23(25,26)27/h2-5,8,10,12,19H,6-7,9,11H2,1H3,(H,28,32). The SMILES string of the molecule is Cc1cn(-c2ccc(C(=O)NCC34CC3Oc3ccc(C(F)(F)F)cc34)n(CCCl)c2=O)cn1. The van der Waals surface area contributed by atoms with Gasteiger partial charge in [0.15, 0.2) is 0 Å². The molecule has 0 spiro atoms. The Balaban J connectivity index is 1.40. The summed E-state index contributed by atoms with van der Waals surface area (Å²) in [7, 11) is 0. The van der Waals surface area contributed by atoms with Gasteiger partial charge in [-0.25, -0.2) is 4.98 Å². The van der Waals surface area contributed by atoms with Crippen LogP contribution in [-0.4, -0.2) is 38.6 Å². The Hall–Kier alpha value is -3.27. The van der Waals surface area contributed by atoms with Gasteiger partial charge in [0.25, 0.3) is 11.5 Å². The van der Waals surface area contributed by atoms with E-state index < -0.39 is 28.6 Å². The van der Waals surface area contributed by atoms with E-state index in [1.807, 2.05) is 0 Å². The minimum Gasteiger partial charge on any atom is -0.489 e. The van der Waals surface area contributed by atoms with Crippen molar-refractivity contribution in [1.82, 2.24) is 19.4 Å². The first-order chi connectivity index (χ1) is 16.1. The van der Waals surface area contributed by atoms with Crippen LogP contribution in [0.3, 0.4) is 0 Å². The molecule has 0 bridgehead atoms. The highest BCUT2D eigenvalue weighted by Crippen LogP contribution is 2.59. The van der Waals surface area contributed by atoms with Crippen molar-refractivity contribution >= 4 is 17.5 Å². The number of nitrogens with zero attached hydrogens (tertiary/aromatic N) is 3. The largest absolute Gasteiger partial charge is 0.489 e. The highest BCUT2D eigenvalue weighted by atomic mass is 35.5. The number of pyridine rings is 1. The number of hydrogen-bond acceptors (Lipinski definition) is 4. The van der Waals surface area contributed by atoms with Crippen LogP contribution in [0.1, 0.15) is 33.7 Å². The minimum atomic E-state index is -4.47. The number of aryl methyl sites for hydroxylation is 1. The van der Waals surface area contributed by atoms with Crippen LogP contribution in [0.25, 0.3) is 5.69 Å². The van der Waals surface area contributed by atoms with E-state index in [1.54, 1.807) is 17.7 Å². The fourth-order valence-electron chi connectivity index (χ4n) is 4.49. The Labute approximate surface area is 197 Å². The predicted molar refractivity (Wildman–Crippen MR) is 118 cm³/mol. The van der Waals surface area contributed by atoms with E-state index in [1.165, 1.54) is 29.1 Å². The van der Waals surface area contributed by atoms with Crippen LogP contribution in [-0.2, 0) is 18.1 Å². The van der Waals surface area contributed by atoms with Crippen molar-refractivity contribution in [3.8, 4) is 11.4 Å². The quantitative estimate of drug-likeness (QED) is 0.535. The molecule has 34 heavy (non-hydrogen) atoms. The van der Waals surface area contributed by atoms with Crippen LogP contribution in [0.2, 0.25) is 0 Å². The Morgan fingerprint density at radius 3 is 2.79 bits per heavy atom. The first-order valence-electron chi connectivity index (χ1n) is 10.6. The molecule has 11 heteroatoms. The lowest BCUT2D eigenvalue weighted by Crippen LogP contribution is -2.38. The second kappa shape index (κ2) is 7.90. The van der Waals surface area contributed by atoms with Gasteiger partial charge in [0, 0.05) is 37.2 Å². The molecule has 0 radical (unpaired) electrons. The molecule has 2 unspecified atom stereocenters. The van der Waals surface area contributed by atoms with Crippen LogP contribution in [0, 0.1) is 6.92 Å². The molecule has 2 atom stereocenters. The van der Waals surface area contributed by atoms with Gasteiger partial charge >= 0.3 is 6.18 Å². The Morgan fingerprint density at radius 1 is 1.32 bits per heavy atom. The predicted octanol–water partition coefficient (Wildman–Crippen LogP) is 3.43. The van der Waals surface area contributed by atoms with Crippen molar-refractivity contribution in [1.29, 1.82) is 0 Å². The van der Waals surface area contributed by atoms with Crippen molar-refractivity contribution in [3.05, 3.63) is 75.7 Å². The number of alkyl halides is 4. The van der Waals surface area contributed by atoms with Gasteiger partial charge in [0.1, 0.15) is 23.2 Å². The number of imidazole rings is 1. The zero-order valence-corrected chi connectivity index (χ0v) is 18.8. The third-order valence-electron chi connectivity index (χ3n) is 6.37. The first-order valence-corrected chi connectivity index (χ1v) is 11.1. The van der Waals surface area contributed by atoms with Crippen LogP contribution in [0.4, 0.5) is 13.2 Å². The van der Waals surface area contributed by atoms with Crippen molar-refractivity contribution in [2.24, 2.45) is 0 Å². The maximum absolute atomic E-state index is 13.2. The minimum absolute atomic E-state index is 0.0857. The van der Waals surface area contributed by atoms with Gasteiger partial charge in [-0.15, -0.1) is 11.6 Å². The van der Waals surface area contributed by atoms with E-state index in [0.29, 0.717) is 23.4 Å². The number of carbonyl (C=O) groups excluding carboxylic acids is 1. The summed E-state index contributed by atoms with van der Waals surface area (Å²) in [6, 6.07) is 6.47. The third-order valence-corrected chi connectivity index (χ3v) is 6.54. The molecule has 1 aliphatic heterocycles. The lowest BCUT2D eigenvalue weighted by atomic mass is 9.94. The summed E-state index contributed by atoms with van der Waals surface area (Å²) in [6.45, 7) is 1.99. The summed E-state index contributed by atoms with van der Waals surface area (Å²) < 4.78 is 48.2. The number of ether oxygens (including phenoxy) is 1. The number of fused-ring (bicyclic) bond motifs is 3. The number of hydrogen-bond donors (Lipinski definition) is 1. The van der Waals surface area contributed by atoms with Gasteiger partial charge in [-0.1, -0.05) is 0 Å². The van der Waals surface area contributed by atoms with Crippen molar-refractivity contribution in [3.63, 3.8) is 0 Å². The smallest absolute Gasteiger partial charge is 0.416 e. The van der Waals surface area contributed by atoms with E-state index >= 15 is 0 Å². The molecule has 3 aromatic rings. The van der Waals surface area contributed by atoms with Crippen LogP contribution in [0.15, 0.2) is 47.7 Å². The lowest BCUT2D eigenvalue weighted by Gasteiger charge is -2.17. The monoisotopic (exact) mass is 492 g/mol. The molecule has 1 aromatic carbocycles. The van der Waals surface area contributed by atoms with Crippen LogP contribution < -0.4 is 15.6 Å². The number of rotatable bonds is 6. The number of aromatic nitrogens is 3. The molecule has 1 fully saturated rings. The molecular formula is C23H20ClF3N4O3. The maximum Gasteiger partial charge on any atom is 0.416 e. The van der Waals surface area contributed by atoms with E-state index in [0.717, 1.165) is 17.8 Å². The zero-order valence-electron chi connectivity index (χ0n) is 18.0. The molecule has 1 N–H and O–H groups in total. The van der Waals surface area contributed by atoms with Gasteiger partial charge in [0.05, 0.1) is 23.0 Å². The Morgan fingerprint density at radius 2 is 2.12 bits per heavy atom. The first kappa shape index (κ1) is 22.5. The maximum atomic E-state index is 13.2. The number of halogens is 4. The number of carbonyl (C=O) groups is 1. The topological polar surface area (TPSA) is 78.2 Å². The summed E-state index contributed by atoms with van der Waals surface area (Å²) in [4.78, 5) is 30.2. The summed E-state index contributed by atoms with van der Waals surface area (Å²) >= 11 is 5.89. The molecule has 2 aliphatic rings. The molecule has 1 saturated carbocycles. The number of amides is 1. The average molecular weight is 493 g/mol. The summed E-state index contributed by atoms with van der Waals surface area (Å²) in [5.41, 5.74) is -0.262. The third kappa shape index (κ3) is 3.66. The fraction of sp³-hybridized carbons (Fsp3) is 0.348.